The minimum absolute atomic E-state index is 0.302. The van der Waals surface area contributed by atoms with E-state index in [0.717, 1.165) is 17.2 Å². The van der Waals surface area contributed by atoms with Gasteiger partial charge in [-0.05, 0) is 12.1 Å². The Bertz CT molecular complexity index is 567. The normalized spacial score (nSPS) is 10.2. The van der Waals surface area contributed by atoms with E-state index in [0.29, 0.717) is 11.2 Å². The smallest absolute Gasteiger partial charge is 0.303 e. The molecule has 0 fully saturated rings. The number of rotatable bonds is 3. The van der Waals surface area contributed by atoms with Crippen molar-refractivity contribution in [2.75, 3.05) is 11.9 Å². The molecule has 1 amide bonds. The van der Waals surface area contributed by atoms with Crippen LogP contribution >= 0.6 is 11.7 Å². The number of ether oxygens (including phenoxy) is 1. The van der Waals surface area contributed by atoms with Crippen LogP contribution in [0.5, 0.6) is 0 Å². The molecule has 0 aliphatic heterocycles. The summed E-state index contributed by atoms with van der Waals surface area (Å²) in [6, 6.07) is 5.29. The summed E-state index contributed by atoms with van der Waals surface area (Å²) < 4.78 is 12.7. The maximum absolute atomic E-state index is 11.4. The van der Waals surface area contributed by atoms with E-state index < -0.39 is 11.9 Å². The molecule has 1 heterocycles. The van der Waals surface area contributed by atoms with E-state index in [1.165, 1.54) is 6.92 Å². The van der Waals surface area contributed by atoms with E-state index in [1.54, 1.807) is 18.2 Å². The Hall–Kier alpha value is -2.02. The molecule has 0 spiro atoms. The van der Waals surface area contributed by atoms with Crippen LogP contribution in [0.1, 0.15) is 6.92 Å². The van der Waals surface area contributed by atoms with Gasteiger partial charge in [0.25, 0.3) is 5.91 Å². The van der Waals surface area contributed by atoms with Crippen molar-refractivity contribution in [2.24, 2.45) is 0 Å². The van der Waals surface area contributed by atoms with Gasteiger partial charge in [0.15, 0.2) is 6.61 Å². The van der Waals surface area contributed by atoms with Gasteiger partial charge in [0, 0.05) is 6.92 Å². The zero-order chi connectivity index (χ0) is 12.3. The molecule has 0 saturated heterocycles. The average Bonchev–Trinajstić information content (AvgIpc) is 2.75. The minimum atomic E-state index is -0.492. The summed E-state index contributed by atoms with van der Waals surface area (Å²) in [4.78, 5) is 22.0. The highest BCUT2D eigenvalue weighted by atomic mass is 32.1. The van der Waals surface area contributed by atoms with Crippen molar-refractivity contribution in [3.63, 3.8) is 0 Å². The number of esters is 1. The van der Waals surface area contributed by atoms with Gasteiger partial charge in [0.1, 0.15) is 11.0 Å². The molecule has 7 heteroatoms. The number of hydrogen-bond acceptors (Lipinski definition) is 6. The van der Waals surface area contributed by atoms with Crippen LogP contribution in [-0.4, -0.2) is 27.2 Å². The van der Waals surface area contributed by atoms with Crippen molar-refractivity contribution in [3.8, 4) is 0 Å². The quantitative estimate of drug-likeness (QED) is 0.829. The van der Waals surface area contributed by atoms with Gasteiger partial charge in [-0.25, -0.2) is 0 Å². The maximum atomic E-state index is 11.4. The van der Waals surface area contributed by atoms with Crippen molar-refractivity contribution in [2.45, 2.75) is 6.92 Å². The number of fused-ring (bicyclic) bond motifs is 1. The van der Waals surface area contributed by atoms with Gasteiger partial charge in [-0.15, -0.1) is 0 Å². The second-order valence-electron chi connectivity index (χ2n) is 3.27. The van der Waals surface area contributed by atoms with Gasteiger partial charge in [0.05, 0.1) is 17.4 Å². The van der Waals surface area contributed by atoms with Crippen LogP contribution in [0.4, 0.5) is 5.69 Å². The van der Waals surface area contributed by atoms with Crippen LogP contribution in [-0.2, 0) is 14.3 Å². The SMILES string of the molecule is CC(=O)OCC(=O)Nc1cccc2nsnc12. The zero-order valence-corrected chi connectivity index (χ0v) is 9.78. The van der Waals surface area contributed by atoms with Gasteiger partial charge in [-0.2, -0.15) is 8.75 Å². The molecule has 2 rings (SSSR count). The Morgan fingerprint density at radius 2 is 2.24 bits per heavy atom. The Morgan fingerprint density at radius 3 is 3.00 bits per heavy atom. The summed E-state index contributed by atoms with van der Waals surface area (Å²) >= 11 is 1.08. The first-order chi connectivity index (χ1) is 8.16. The number of nitrogens with one attached hydrogen (secondary N) is 1. The van der Waals surface area contributed by atoms with Crippen LogP contribution in [0, 0.1) is 0 Å². The molecule has 0 bridgehead atoms. The van der Waals surface area contributed by atoms with Gasteiger partial charge in [-0.1, -0.05) is 6.07 Å². The first-order valence-corrected chi connectivity index (χ1v) is 5.54. The fourth-order valence-electron chi connectivity index (χ4n) is 1.26. The van der Waals surface area contributed by atoms with E-state index in [2.05, 4.69) is 18.8 Å². The molecular formula is C10H9N3O3S. The monoisotopic (exact) mass is 251 g/mol. The molecule has 0 saturated carbocycles. The molecule has 0 aliphatic rings. The highest BCUT2D eigenvalue weighted by Gasteiger charge is 2.09. The third-order valence-electron chi connectivity index (χ3n) is 1.97. The molecule has 17 heavy (non-hydrogen) atoms. The number of nitrogens with zero attached hydrogens (tertiary/aromatic N) is 2. The zero-order valence-electron chi connectivity index (χ0n) is 8.97. The van der Waals surface area contributed by atoms with E-state index in [1.807, 2.05) is 0 Å². The molecule has 0 unspecified atom stereocenters. The van der Waals surface area contributed by atoms with Crippen LogP contribution < -0.4 is 5.32 Å². The van der Waals surface area contributed by atoms with Crippen LogP contribution in [0.15, 0.2) is 18.2 Å². The fourth-order valence-corrected chi connectivity index (χ4v) is 1.81. The first-order valence-electron chi connectivity index (χ1n) is 4.81. The molecule has 1 aromatic carbocycles. The molecule has 1 N–H and O–H groups in total. The lowest BCUT2D eigenvalue weighted by Gasteiger charge is -2.05. The number of carbonyl (C=O) groups is 2. The molecule has 0 radical (unpaired) electrons. The van der Waals surface area contributed by atoms with E-state index in [4.69, 9.17) is 0 Å². The molecule has 6 nitrogen and oxygen atoms in total. The highest BCUT2D eigenvalue weighted by Crippen LogP contribution is 2.20. The second-order valence-corrected chi connectivity index (χ2v) is 3.79. The van der Waals surface area contributed by atoms with Gasteiger partial charge >= 0.3 is 5.97 Å². The van der Waals surface area contributed by atoms with Crippen LogP contribution in [0.2, 0.25) is 0 Å². The summed E-state index contributed by atoms with van der Waals surface area (Å²) in [5.74, 6) is -0.894. The van der Waals surface area contributed by atoms with E-state index in [9.17, 15) is 9.59 Å². The predicted molar refractivity (Wildman–Crippen MR) is 62.7 cm³/mol. The lowest BCUT2D eigenvalue weighted by atomic mass is 10.2. The molecule has 1 aromatic heterocycles. The van der Waals surface area contributed by atoms with Gasteiger partial charge < -0.3 is 10.1 Å². The topological polar surface area (TPSA) is 81.2 Å². The summed E-state index contributed by atoms with van der Waals surface area (Å²) in [6.45, 7) is 0.946. The second kappa shape index (κ2) is 4.88. The predicted octanol–water partition coefficient (Wildman–Crippen LogP) is 1.19. The largest absolute Gasteiger partial charge is 0.456 e. The fraction of sp³-hybridized carbons (Fsp3) is 0.200. The number of carbonyl (C=O) groups excluding carboxylic acids is 2. The summed E-state index contributed by atoms with van der Waals surface area (Å²) in [5, 5.41) is 2.61. The minimum Gasteiger partial charge on any atom is -0.456 e. The molecular weight excluding hydrogens is 242 g/mol. The number of hydrogen-bond donors (Lipinski definition) is 1. The third kappa shape index (κ3) is 2.76. The van der Waals surface area contributed by atoms with Crippen molar-refractivity contribution in [3.05, 3.63) is 18.2 Å². The summed E-state index contributed by atoms with van der Waals surface area (Å²) in [6.07, 6.45) is 0. The Labute approximate surface area is 101 Å². The van der Waals surface area contributed by atoms with Crippen molar-refractivity contribution >= 4 is 40.3 Å². The molecule has 2 aromatic rings. The van der Waals surface area contributed by atoms with E-state index >= 15 is 0 Å². The van der Waals surface area contributed by atoms with Gasteiger partial charge in [0.2, 0.25) is 0 Å². The maximum Gasteiger partial charge on any atom is 0.303 e. The molecule has 0 aliphatic carbocycles. The van der Waals surface area contributed by atoms with Crippen molar-refractivity contribution < 1.29 is 14.3 Å². The Balaban J connectivity index is 2.10. The molecule has 88 valence electrons. The summed E-state index contributed by atoms with van der Waals surface area (Å²) in [5.41, 5.74) is 1.92. The lowest BCUT2D eigenvalue weighted by molar-refractivity contribution is -0.144. The van der Waals surface area contributed by atoms with Crippen molar-refractivity contribution in [1.29, 1.82) is 0 Å². The number of aromatic nitrogens is 2. The third-order valence-corrected chi connectivity index (χ3v) is 2.51. The lowest BCUT2D eigenvalue weighted by Crippen LogP contribution is -2.19. The highest BCUT2D eigenvalue weighted by molar-refractivity contribution is 7.00. The van der Waals surface area contributed by atoms with Crippen LogP contribution in [0.3, 0.4) is 0 Å². The van der Waals surface area contributed by atoms with Crippen LogP contribution in [0.25, 0.3) is 11.0 Å². The van der Waals surface area contributed by atoms with Gasteiger partial charge in [-0.3, -0.25) is 9.59 Å². The number of benzene rings is 1. The number of amides is 1. The molecule has 0 atom stereocenters. The Morgan fingerprint density at radius 1 is 1.41 bits per heavy atom. The standard InChI is InChI=1S/C10H9N3O3S/c1-6(14)16-5-9(15)11-7-3-2-4-8-10(7)13-17-12-8/h2-4H,5H2,1H3,(H,11,15). The number of anilines is 1. The van der Waals surface area contributed by atoms with E-state index in [-0.39, 0.29) is 6.61 Å². The average molecular weight is 251 g/mol. The Kier molecular flexibility index (Phi) is 3.29. The summed E-state index contributed by atoms with van der Waals surface area (Å²) in [7, 11) is 0. The first kappa shape index (κ1) is 11.5. The van der Waals surface area contributed by atoms with Crippen molar-refractivity contribution in [1.82, 2.24) is 8.75 Å².